The van der Waals surface area contributed by atoms with Crippen LogP contribution in [0.1, 0.15) is 36.5 Å². The number of halogens is 2. The summed E-state index contributed by atoms with van der Waals surface area (Å²) < 4.78 is 27.9. The van der Waals surface area contributed by atoms with Crippen LogP contribution in [0.25, 0.3) is 0 Å². The first-order valence-corrected chi connectivity index (χ1v) is 13.3. The van der Waals surface area contributed by atoms with E-state index in [1.165, 1.54) is 30.0 Å². The van der Waals surface area contributed by atoms with E-state index in [0.717, 1.165) is 15.4 Å². The van der Waals surface area contributed by atoms with Gasteiger partial charge in [-0.2, -0.15) is 9.41 Å². The first kappa shape index (κ1) is 26.9. The molecule has 0 atom stereocenters. The lowest BCUT2D eigenvalue weighted by atomic mass is 10.0. The molecule has 184 valence electrons. The van der Waals surface area contributed by atoms with Crippen LogP contribution in [-0.4, -0.2) is 37.9 Å². The maximum atomic E-state index is 13.4. The Morgan fingerprint density at radius 3 is 2.37 bits per heavy atom. The van der Waals surface area contributed by atoms with Gasteiger partial charge < -0.3 is 0 Å². The zero-order chi connectivity index (χ0) is 25.4. The fraction of sp³-hybridized carbons (Fsp3) is 0.231. The predicted octanol–water partition coefficient (Wildman–Crippen LogP) is 5.50. The van der Waals surface area contributed by atoms with E-state index in [1.54, 1.807) is 0 Å². The number of carbonyl (C=O) groups is 1. The van der Waals surface area contributed by atoms with Crippen molar-refractivity contribution in [1.82, 2.24) is 9.73 Å². The Kier molecular flexibility index (Phi) is 9.46. The number of benzene rings is 3. The highest BCUT2D eigenvalue weighted by Crippen LogP contribution is 2.28. The van der Waals surface area contributed by atoms with Crippen molar-refractivity contribution < 1.29 is 13.2 Å². The van der Waals surface area contributed by atoms with Crippen molar-refractivity contribution in [3.63, 3.8) is 0 Å². The molecule has 3 rings (SSSR count). The molecule has 1 amide bonds. The highest BCUT2D eigenvalue weighted by atomic mass is 35.5. The van der Waals surface area contributed by atoms with E-state index >= 15 is 0 Å². The second-order valence-electron chi connectivity index (χ2n) is 8.26. The number of nitrogens with one attached hydrogen (secondary N) is 1. The van der Waals surface area contributed by atoms with Crippen molar-refractivity contribution in [3.05, 3.63) is 99.5 Å². The van der Waals surface area contributed by atoms with Crippen LogP contribution in [0.4, 0.5) is 0 Å². The van der Waals surface area contributed by atoms with E-state index in [-0.39, 0.29) is 21.5 Å². The molecule has 6 nitrogen and oxygen atoms in total. The van der Waals surface area contributed by atoms with E-state index in [9.17, 15) is 13.2 Å². The number of hydrazone groups is 1. The Bertz CT molecular complexity index is 1280. The Balaban J connectivity index is 1.75. The number of carbonyl (C=O) groups excluding carboxylic acids is 1. The topological polar surface area (TPSA) is 78.8 Å². The Labute approximate surface area is 216 Å². The van der Waals surface area contributed by atoms with Crippen LogP contribution < -0.4 is 5.43 Å². The first-order valence-electron chi connectivity index (χ1n) is 11.1. The van der Waals surface area contributed by atoms with Crippen LogP contribution in [0.15, 0.2) is 82.8 Å². The largest absolute Gasteiger partial charge is 0.272 e. The van der Waals surface area contributed by atoms with Gasteiger partial charge >= 0.3 is 0 Å². The molecule has 0 fully saturated rings. The Morgan fingerprint density at radius 1 is 1.03 bits per heavy atom. The number of rotatable bonds is 10. The molecule has 9 heteroatoms. The van der Waals surface area contributed by atoms with Gasteiger partial charge in [-0.05, 0) is 47.2 Å². The number of hydrogen-bond acceptors (Lipinski definition) is 4. The summed E-state index contributed by atoms with van der Waals surface area (Å²) in [5, 5.41) is 4.24. The van der Waals surface area contributed by atoms with Gasteiger partial charge in [0, 0.05) is 11.6 Å². The molecule has 0 bridgehead atoms. The van der Waals surface area contributed by atoms with Gasteiger partial charge in [0.25, 0.3) is 5.91 Å². The quantitative estimate of drug-likeness (QED) is 0.277. The molecule has 0 saturated heterocycles. The zero-order valence-corrected chi connectivity index (χ0v) is 21.8. The number of nitrogens with zero attached hydrogens (tertiary/aromatic N) is 2. The molecule has 0 spiro atoms. The molecule has 0 aromatic heterocycles. The van der Waals surface area contributed by atoms with Crippen LogP contribution in [0.2, 0.25) is 10.0 Å². The zero-order valence-electron chi connectivity index (χ0n) is 19.5. The van der Waals surface area contributed by atoms with E-state index in [1.807, 2.05) is 54.6 Å². The Morgan fingerprint density at radius 2 is 1.71 bits per heavy atom. The minimum Gasteiger partial charge on any atom is -0.272 e. The molecule has 0 unspecified atom stereocenters. The van der Waals surface area contributed by atoms with E-state index in [0.29, 0.717) is 12.3 Å². The summed E-state index contributed by atoms with van der Waals surface area (Å²) in [6.45, 7) is 3.86. The van der Waals surface area contributed by atoms with Gasteiger partial charge in [-0.15, -0.1) is 0 Å². The Hall–Kier alpha value is -2.71. The molecule has 3 aromatic rings. The normalized spacial score (nSPS) is 11.9. The summed E-state index contributed by atoms with van der Waals surface area (Å²) in [4.78, 5) is 12.5. The first-order chi connectivity index (χ1) is 16.7. The van der Waals surface area contributed by atoms with Crippen molar-refractivity contribution >= 4 is 45.3 Å². The van der Waals surface area contributed by atoms with E-state index < -0.39 is 22.5 Å². The summed E-state index contributed by atoms with van der Waals surface area (Å²) in [7, 11) is -4.11. The van der Waals surface area contributed by atoms with Crippen LogP contribution >= 0.6 is 23.2 Å². The molecule has 0 aliphatic carbocycles. The van der Waals surface area contributed by atoms with Gasteiger partial charge in [0.15, 0.2) is 0 Å². The van der Waals surface area contributed by atoms with E-state index in [4.69, 9.17) is 23.2 Å². The number of amides is 1. The minimum atomic E-state index is -4.11. The molecular weight excluding hydrogens is 505 g/mol. The third kappa shape index (κ3) is 7.64. The standard InChI is InChI=1S/C26H27Cl2N3O3S/c1-19(2)22-10-8-21(9-11-22)17-29-30-26(32)18-31(15-14-20-6-4-3-5-7-20)35(33,34)25-16-23(27)12-13-24(25)28/h3-13,16-17,19H,14-15,18H2,1-2H3,(H,30,32)/b29-17-. The molecule has 0 saturated carbocycles. The van der Waals surface area contributed by atoms with Crippen molar-refractivity contribution in [2.75, 3.05) is 13.1 Å². The molecule has 0 aliphatic rings. The molecular formula is C26H27Cl2N3O3S. The highest BCUT2D eigenvalue weighted by Gasteiger charge is 2.28. The smallest absolute Gasteiger partial charge is 0.255 e. The second-order valence-corrected chi connectivity index (χ2v) is 11.0. The summed E-state index contributed by atoms with van der Waals surface area (Å²) >= 11 is 12.2. The maximum Gasteiger partial charge on any atom is 0.255 e. The van der Waals surface area contributed by atoms with Crippen molar-refractivity contribution in [1.29, 1.82) is 0 Å². The van der Waals surface area contributed by atoms with Crippen LogP contribution in [0, 0.1) is 0 Å². The van der Waals surface area contributed by atoms with Crippen molar-refractivity contribution in [2.45, 2.75) is 31.1 Å². The molecule has 0 heterocycles. The third-order valence-electron chi connectivity index (χ3n) is 5.33. The number of sulfonamides is 1. The predicted molar refractivity (Wildman–Crippen MR) is 142 cm³/mol. The molecule has 35 heavy (non-hydrogen) atoms. The third-order valence-corrected chi connectivity index (χ3v) is 7.89. The average Bonchev–Trinajstić information content (AvgIpc) is 2.84. The highest BCUT2D eigenvalue weighted by molar-refractivity contribution is 7.89. The fourth-order valence-electron chi connectivity index (χ4n) is 3.34. The van der Waals surface area contributed by atoms with Crippen LogP contribution in [0.3, 0.4) is 0 Å². The van der Waals surface area contributed by atoms with Crippen LogP contribution in [0.5, 0.6) is 0 Å². The molecule has 1 N–H and O–H groups in total. The summed E-state index contributed by atoms with van der Waals surface area (Å²) in [6.07, 6.45) is 1.93. The summed E-state index contributed by atoms with van der Waals surface area (Å²) in [5.41, 5.74) is 5.36. The average molecular weight is 532 g/mol. The van der Waals surface area contributed by atoms with Crippen LogP contribution in [-0.2, 0) is 21.2 Å². The minimum absolute atomic E-state index is 0.0300. The van der Waals surface area contributed by atoms with Gasteiger partial charge in [-0.3, -0.25) is 4.79 Å². The van der Waals surface area contributed by atoms with Gasteiger partial charge in [0.1, 0.15) is 4.90 Å². The van der Waals surface area contributed by atoms with Gasteiger partial charge in [0.2, 0.25) is 10.0 Å². The molecule has 0 radical (unpaired) electrons. The SMILES string of the molecule is CC(C)c1ccc(/C=N\NC(=O)CN(CCc2ccccc2)S(=O)(=O)c2cc(Cl)ccc2Cl)cc1. The second kappa shape index (κ2) is 12.3. The summed E-state index contributed by atoms with van der Waals surface area (Å²) in [6, 6.07) is 21.4. The number of hydrogen-bond donors (Lipinski definition) is 1. The lowest BCUT2D eigenvalue weighted by Gasteiger charge is -2.22. The monoisotopic (exact) mass is 531 g/mol. The van der Waals surface area contributed by atoms with Gasteiger partial charge in [-0.1, -0.05) is 91.6 Å². The lowest BCUT2D eigenvalue weighted by molar-refractivity contribution is -0.121. The fourth-order valence-corrected chi connectivity index (χ4v) is 5.47. The summed E-state index contributed by atoms with van der Waals surface area (Å²) in [5.74, 6) is -0.160. The lowest BCUT2D eigenvalue weighted by Crippen LogP contribution is -2.40. The van der Waals surface area contributed by atoms with Gasteiger partial charge in [-0.25, -0.2) is 13.8 Å². The maximum absolute atomic E-state index is 13.4. The van der Waals surface area contributed by atoms with Crippen molar-refractivity contribution in [3.8, 4) is 0 Å². The molecule has 0 aliphatic heterocycles. The van der Waals surface area contributed by atoms with Crippen molar-refractivity contribution in [2.24, 2.45) is 5.10 Å². The van der Waals surface area contributed by atoms with Gasteiger partial charge in [0.05, 0.1) is 17.8 Å². The van der Waals surface area contributed by atoms with E-state index in [2.05, 4.69) is 24.4 Å². The molecule has 3 aromatic carbocycles.